The maximum absolute atomic E-state index is 13.1. The number of piperazine rings is 1. The Morgan fingerprint density at radius 1 is 1.07 bits per heavy atom. The van der Waals surface area contributed by atoms with Crippen LogP contribution in [0, 0.1) is 0 Å². The standard InChI is InChI=1S/C22H26N2O4/c25-20-9-3-2-8-19(20)23-11-13-24(14-12-23)22(26)18-7-1-4-10-21(18)28-16-17-6-5-15-27-17/h1-4,7-10,17,25H,5-6,11-16H2/t17-/m0/s1. The molecule has 0 unspecified atom stereocenters. The van der Waals surface area contributed by atoms with Crippen LogP contribution in [0.1, 0.15) is 23.2 Å². The van der Waals surface area contributed by atoms with Gasteiger partial charge in [0.1, 0.15) is 18.1 Å². The van der Waals surface area contributed by atoms with E-state index in [0.29, 0.717) is 44.1 Å². The molecule has 2 aliphatic rings. The monoisotopic (exact) mass is 382 g/mol. The topological polar surface area (TPSA) is 62.2 Å². The van der Waals surface area contributed by atoms with Crippen LogP contribution < -0.4 is 9.64 Å². The zero-order valence-corrected chi connectivity index (χ0v) is 15.9. The van der Waals surface area contributed by atoms with Crippen molar-refractivity contribution in [2.24, 2.45) is 0 Å². The Morgan fingerprint density at radius 2 is 1.82 bits per heavy atom. The molecule has 2 fully saturated rings. The molecule has 1 atom stereocenters. The summed E-state index contributed by atoms with van der Waals surface area (Å²) < 4.78 is 11.5. The molecule has 2 aromatic rings. The van der Waals surface area contributed by atoms with Crippen molar-refractivity contribution in [3.63, 3.8) is 0 Å². The van der Waals surface area contributed by atoms with Gasteiger partial charge in [-0.25, -0.2) is 0 Å². The van der Waals surface area contributed by atoms with Crippen LogP contribution in [0.4, 0.5) is 5.69 Å². The number of rotatable bonds is 5. The number of hydrogen-bond donors (Lipinski definition) is 1. The Kier molecular flexibility index (Phi) is 5.67. The maximum Gasteiger partial charge on any atom is 0.257 e. The highest BCUT2D eigenvalue weighted by molar-refractivity contribution is 5.97. The minimum absolute atomic E-state index is 0.0140. The van der Waals surface area contributed by atoms with Gasteiger partial charge in [0.25, 0.3) is 5.91 Å². The summed E-state index contributed by atoms with van der Waals surface area (Å²) in [7, 11) is 0. The fourth-order valence-electron chi connectivity index (χ4n) is 3.78. The summed E-state index contributed by atoms with van der Waals surface area (Å²) >= 11 is 0. The lowest BCUT2D eigenvalue weighted by Gasteiger charge is -2.36. The molecule has 0 saturated carbocycles. The average molecular weight is 382 g/mol. The summed E-state index contributed by atoms with van der Waals surface area (Å²) in [6, 6.07) is 14.7. The number of aromatic hydroxyl groups is 1. The third-order valence-electron chi connectivity index (χ3n) is 5.36. The number of carbonyl (C=O) groups excluding carboxylic acids is 1. The van der Waals surface area contributed by atoms with Crippen molar-refractivity contribution in [2.75, 3.05) is 44.3 Å². The number of hydrogen-bond acceptors (Lipinski definition) is 5. The number of anilines is 1. The lowest BCUT2D eigenvalue weighted by Crippen LogP contribution is -2.48. The fourth-order valence-corrected chi connectivity index (χ4v) is 3.78. The van der Waals surface area contributed by atoms with Gasteiger partial charge in [-0.2, -0.15) is 0 Å². The van der Waals surface area contributed by atoms with Crippen molar-refractivity contribution >= 4 is 11.6 Å². The predicted molar refractivity (Wildman–Crippen MR) is 107 cm³/mol. The molecule has 6 nitrogen and oxygen atoms in total. The third kappa shape index (κ3) is 4.07. The fraction of sp³-hybridized carbons (Fsp3) is 0.409. The smallest absolute Gasteiger partial charge is 0.257 e. The van der Waals surface area contributed by atoms with Crippen LogP contribution in [0.15, 0.2) is 48.5 Å². The van der Waals surface area contributed by atoms with E-state index in [2.05, 4.69) is 4.90 Å². The molecule has 0 aromatic heterocycles. The van der Waals surface area contributed by atoms with Crippen molar-refractivity contribution in [1.29, 1.82) is 0 Å². The minimum Gasteiger partial charge on any atom is -0.506 e. The Labute approximate surface area is 165 Å². The van der Waals surface area contributed by atoms with Crippen LogP contribution in [-0.2, 0) is 4.74 Å². The van der Waals surface area contributed by atoms with E-state index < -0.39 is 0 Å². The van der Waals surface area contributed by atoms with E-state index in [-0.39, 0.29) is 17.8 Å². The molecule has 1 N–H and O–H groups in total. The molecule has 0 bridgehead atoms. The second-order valence-corrected chi connectivity index (χ2v) is 7.21. The third-order valence-corrected chi connectivity index (χ3v) is 5.36. The number of carbonyl (C=O) groups is 1. The number of para-hydroxylation sites is 3. The lowest BCUT2D eigenvalue weighted by atomic mass is 10.1. The summed E-state index contributed by atoms with van der Waals surface area (Å²) in [5, 5.41) is 10.1. The first-order valence-corrected chi connectivity index (χ1v) is 9.88. The highest BCUT2D eigenvalue weighted by Gasteiger charge is 2.26. The number of amides is 1. The molecule has 2 saturated heterocycles. The molecule has 4 rings (SSSR count). The number of ether oxygens (including phenoxy) is 2. The quantitative estimate of drug-likeness (QED) is 0.862. The SMILES string of the molecule is O=C(c1ccccc1OC[C@@H]1CCCO1)N1CCN(c2ccccc2O)CC1. The largest absolute Gasteiger partial charge is 0.506 e. The van der Waals surface area contributed by atoms with Gasteiger partial charge < -0.3 is 24.4 Å². The van der Waals surface area contributed by atoms with E-state index in [1.54, 1.807) is 6.07 Å². The predicted octanol–water partition coefficient (Wildman–Crippen LogP) is 2.91. The Morgan fingerprint density at radius 3 is 2.57 bits per heavy atom. The molecule has 2 heterocycles. The molecule has 28 heavy (non-hydrogen) atoms. The summed E-state index contributed by atoms with van der Waals surface area (Å²) in [5.74, 6) is 0.876. The molecule has 2 aromatic carbocycles. The zero-order chi connectivity index (χ0) is 19.3. The summed E-state index contributed by atoms with van der Waals surface area (Å²) in [5.41, 5.74) is 1.41. The number of nitrogens with zero attached hydrogens (tertiary/aromatic N) is 2. The van der Waals surface area contributed by atoms with E-state index in [1.807, 2.05) is 47.4 Å². The first-order chi connectivity index (χ1) is 13.7. The second kappa shape index (κ2) is 8.52. The molecule has 6 heteroatoms. The Hall–Kier alpha value is -2.73. The van der Waals surface area contributed by atoms with Crippen LogP contribution in [0.2, 0.25) is 0 Å². The van der Waals surface area contributed by atoms with Crippen molar-refractivity contribution < 1.29 is 19.4 Å². The van der Waals surface area contributed by atoms with Crippen LogP contribution in [0.3, 0.4) is 0 Å². The molecule has 0 aliphatic carbocycles. The van der Waals surface area contributed by atoms with Crippen molar-refractivity contribution in [1.82, 2.24) is 4.90 Å². The van der Waals surface area contributed by atoms with Gasteiger partial charge in [-0.1, -0.05) is 24.3 Å². The van der Waals surface area contributed by atoms with Gasteiger partial charge in [0, 0.05) is 32.8 Å². The van der Waals surface area contributed by atoms with Crippen LogP contribution in [-0.4, -0.2) is 61.4 Å². The van der Waals surface area contributed by atoms with Gasteiger partial charge in [-0.3, -0.25) is 4.79 Å². The van der Waals surface area contributed by atoms with E-state index in [4.69, 9.17) is 9.47 Å². The first kappa shape index (κ1) is 18.6. The van der Waals surface area contributed by atoms with Gasteiger partial charge in [0.15, 0.2) is 0 Å². The molecular weight excluding hydrogens is 356 g/mol. The highest BCUT2D eigenvalue weighted by Crippen LogP contribution is 2.28. The van der Waals surface area contributed by atoms with Crippen LogP contribution in [0.5, 0.6) is 11.5 Å². The molecule has 0 spiro atoms. The van der Waals surface area contributed by atoms with Crippen molar-refractivity contribution in [2.45, 2.75) is 18.9 Å². The van der Waals surface area contributed by atoms with Gasteiger partial charge in [0.05, 0.1) is 17.4 Å². The lowest BCUT2D eigenvalue weighted by molar-refractivity contribution is 0.0648. The van der Waals surface area contributed by atoms with Crippen LogP contribution in [0.25, 0.3) is 0 Å². The molecular formula is C22H26N2O4. The van der Waals surface area contributed by atoms with Gasteiger partial charge in [-0.05, 0) is 37.1 Å². The second-order valence-electron chi connectivity index (χ2n) is 7.21. The van der Waals surface area contributed by atoms with Gasteiger partial charge in [0.2, 0.25) is 0 Å². The number of phenolic OH excluding ortho intramolecular Hbond substituents is 1. The van der Waals surface area contributed by atoms with E-state index in [9.17, 15) is 9.90 Å². The van der Waals surface area contributed by atoms with Crippen molar-refractivity contribution in [3.8, 4) is 11.5 Å². The van der Waals surface area contributed by atoms with Gasteiger partial charge >= 0.3 is 0 Å². The van der Waals surface area contributed by atoms with E-state index in [0.717, 1.165) is 25.1 Å². The maximum atomic E-state index is 13.1. The summed E-state index contributed by atoms with van der Waals surface area (Å²) in [6.07, 6.45) is 2.19. The van der Waals surface area contributed by atoms with Crippen LogP contribution >= 0.6 is 0 Å². The minimum atomic E-state index is -0.0140. The van der Waals surface area contributed by atoms with Crippen molar-refractivity contribution in [3.05, 3.63) is 54.1 Å². The number of benzene rings is 2. The molecule has 148 valence electrons. The van der Waals surface area contributed by atoms with E-state index in [1.165, 1.54) is 0 Å². The average Bonchev–Trinajstić information content (AvgIpc) is 3.26. The molecule has 1 amide bonds. The van der Waals surface area contributed by atoms with Gasteiger partial charge in [-0.15, -0.1) is 0 Å². The zero-order valence-electron chi connectivity index (χ0n) is 15.9. The highest BCUT2D eigenvalue weighted by atomic mass is 16.5. The molecule has 0 radical (unpaired) electrons. The normalized spacial score (nSPS) is 19.6. The summed E-state index contributed by atoms with van der Waals surface area (Å²) in [6.45, 7) is 3.84. The Bertz CT molecular complexity index is 812. The first-order valence-electron chi connectivity index (χ1n) is 9.88. The number of phenols is 1. The molecule has 2 aliphatic heterocycles. The summed E-state index contributed by atoms with van der Waals surface area (Å²) in [4.78, 5) is 17.0. The van der Waals surface area contributed by atoms with E-state index >= 15 is 0 Å². The Balaban J connectivity index is 1.39.